The lowest BCUT2D eigenvalue weighted by Gasteiger charge is -2.34. The maximum atomic E-state index is 5.92. The zero-order valence-electron chi connectivity index (χ0n) is 30.9. The molecule has 0 saturated carbocycles. The van der Waals surface area contributed by atoms with Crippen molar-refractivity contribution in [3.8, 4) is 22.6 Å². The second-order valence-electron chi connectivity index (χ2n) is 14.4. The fourth-order valence-corrected chi connectivity index (χ4v) is 7.55. The number of unbranched alkanes of at least 4 members (excludes halogenated alkanes) is 6. The van der Waals surface area contributed by atoms with Crippen LogP contribution in [-0.2, 0) is 5.41 Å². The molecule has 0 spiro atoms. The van der Waals surface area contributed by atoms with E-state index in [1.165, 1.54) is 109 Å². The summed E-state index contributed by atoms with van der Waals surface area (Å²) in [5.41, 5.74) is 10.9. The first-order valence-electron chi connectivity index (χ1n) is 19.0. The molecule has 5 rings (SSSR count). The number of rotatable bonds is 18. The number of hydrogen-bond acceptors (Lipinski definition) is 2. The summed E-state index contributed by atoms with van der Waals surface area (Å²) in [6.45, 7) is 12.9. The van der Waals surface area contributed by atoms with Crippen molar-refractivity contribution in [1.82, 2.24) is 0 Å². The Morgan fingerprint density at radius 1 is 0.531 bits per heavy atom. The third-order valence-corrected chi connectivity index (χ3v) is 9.79. The van der Waals surface area contributed by atoms with Crippen LogP contribution in [0.25, 0.3) is 35.4 Å². The maximum Gasteiger partial charge on any atom is 0.119 e. The Hall–Kier alpha value is -4.04. The molecule has 0 amide bonds. The monoisotopic (exact) mass is 654 g/mol. The summed E-state index contributed by atoms with van der Waals surface area (Å²) in [4.78, 5) is 0. The lowest BCUT2D eigenvalue weighted by molar-refractivity contribution is 0.242. The van der Waals surface area contributed by atoms with Crippen LogP contribution in [0.1, 0.15) is 139 Å². The predicted molar refractivity (Wildman–Crippen MR) is 212 cm³/mol. The van der Waals surface area contributed by atoms with Gasteiger partial charge in [0, 0.05) is 5.41 Å². The third kappa shape index (κ3) is 9.15. The summed E-state index contributed by atoms with van der Waals surface area (Å²) in [6, 6.07) is 31.0. The van der Waals surface area contributed by atoms with Gasteiger partial charge >= 0.3 is 0 Å². The molecular weight excluding hydrogens is 597 g/mol. The van der Waals surface area contributed by atoms with Crippen LogP contribution in [0.15, 0.2) is 84.9 Å². The number of ether oxygens (including phenoxy) is 2. The standard InChI is InChI=1S/C47H58O2/c1-7-9-11-15-33-47(34-16-12-10-8-2)44-18-14-13-17-43(44)45-39(25-19-37-21-29-41(30-22-37)48-35(3)4)27-28-40(46(45)47)26-20-38-23-31-42(32-24-38)49-36(5)6/h13-14,17-32,35-36H,7-12,15-16,33-34H2,1-6H3/b25-19+,26-20+. The Labute approximate surface area is 297 Å². The minimum atomic E-state index is 0.00171. The highest BCUT2D eigenvalue weighted by Gasteiger charge is 2.44. The van der Waals surface area contributed by atoms with Gasteiger partial charge in [-0.25, -0.2) is 0 Å². The van der Waals surface area contributed by atoms with Crippen molar-refractivity contribution in [3.05, 3.63) is 118 Å². The summed E-state index contributed by atoms with van der Waals surface area (Å²) in [5, 5.41) is 0. The highest BCUT2D eigenvalue weighted by Crippen LogP contribution is 2.57. The molecule has 0 aromatic heterocycles. The van der Waals surface area contributed by atoms with Crippen LogP contribution in [0.4, 0.5) is 0 Å². The molecule has 0 heterocycles. The second kappa shape index (κ2) is 17.6. The van der Waals surface area contributed by atoms with Crippen LogP contribution in [0, 0.1) is 0 Å². The number of hydrogen-bond donors (Lipinski definition) is 0. The van der Waals surface area contributed by atoms with E-state index in [1.807, 2.05) is 0 Å². The largest absolute Gasteiger partial charge is 0.491 e. The van der Waals surface area contributed by atoms with Gasteiger partial charge in [-0.15, -0.1) is 0 Å². The molecule has 0 atom stereocenters. The lowest BCUT2D eigenvalue weighted by Crippen LogP contribution is -2.26. The highest BCUT2D eigenvalue weighted by molar-refractivity contribution is 5.93. The first-order valence-corrected chi connectivity index (χ1v) is 19.0. The van der Waals surface area contributed by atoms with Crippen LogP contribution in [0.2, 0.25) is 0 Å². The van der Waals surface area contributed by atoms with Crippen LogP contribution in [0.5, 0.6) is 11.5 Å². The maximum absolute atomic E-state index is 5.92. The molecule has 1 aliphatic rings. The Kier molecular flexibility index (Phi) is 13.0. The average molecular weight is 655 g/mol. The highest BCUT2D eigenvalue weighted by atomic mass is 16.5. The molecule has 4 aromatic carbocycles. The molecule has 0 saturated heterocycles. The van der Waals surface area contributed by atoms with Crippen molar-refractivity contribution in [2.75, 3.05) is 0 Å². The van der Waals surface area contributed by atoms with Gasteiger partial charge in [-0.2, -0.15) is 0 Å². The molecule has 4 aromatic rings. The summed E-state index contributed by atoms with van der Waals surface area (Å²) < 4.78 is 11.8. The van der Waals surface area contributed by atoms with Crippen molar-refractivity contribution in [3.63, 3.8) is 0 Å². The van der Waals surface area contributed by atoms with E-state index in [0.717, 1.165) is 11.5 Å². The summed E-state index contributed by atoms with van der Waals surface area (Å²) in [5.74, 6) is 1.83. The van der Waals surface area contributed by atoms with E-state index in [-0.39, 0.29) is 17.6 Å². The molecule has 0 unspecified atom stereocenters. The molecule has 0 bridgehead atoms. The average Bonchev–Trinajstić information content (AvgIpc) is 3.38. The minimum Gasteiger partial charge on any atom is -0.491 e. The first-order chi connectivity index (χ1) is 23.8. The predicted octanol–water partition coefficient (Wildman–Crippen LogP) is 13.8. The Bertz CT molecular complexity index is 1660. The zero-order valence-corrected chi connectivity index (χ0v) is 30.9. The van der Waals surface area contributed by atoms with Crippen molar-refractivity contribution in [1.29, 1.82) is 0 Å². The van der Waals surface area contributed by atoms with Gasteiger partial charge in [0.25, 0.3) is 0 Å². The van der Waals surface area contributed by atoms with Crippen LogP contribution in [0.3, 0.4) is 0 Å². The van der Waals surface area contributed by atoms with Gasteiger partial charge in [-0.05, 0) is 109 Å². The number of fused-ring (bicyclic) bond motifs is 3. The van der Waals surface area contributed by atoms with Crippen LogP contribution >= 0.6 is 0 Å². The van der Waals surface area contributed by atoms with Crippen molar-refractivity contribution in [2.45, 2.75) is 123 Å². The third-order valence-electron chi connectivity index (χ3n) is 9.79. The molecule has 2 nitrogen and oxygen atoms in total. The molecule has 258 valence electrons. The van der Waals surface area contributed by atoms with Crippen molar-refractivity contribution >= 4 is 24.3 Å². The van der Waals surface area contributed by atoms with E-state index in [0.29, 0.717) is 0 Å². The molecule has 0 fully saturated rings. The van der Waals surface area contributed by atoms with E-state index >= 15 is 0 Å². The van der Waals surface area contributed by atoms with Gasteiger partial charge in [0.1, 0.15) is 11.5 Å². The fraction of sp³-hybridized carbons (Fsp3) is 0.404. The molecule has 0 N–H and O–H groups in total. The van der Waals surface area contributed by atoms with E-state index in [2.05, 4.69) is 151 Å². The van der Waals surface area contributed by atoms with Gasteiger partial charge in [-0.3, -0.25) is 0 Å². The smallest absolute Gasteiger partial charge is 0.119 e. The van der Waals surface area contributed by atoms with E-state index in [4.69, 9.17) is 9.47 Å². The molecular formula is C47H58O2. The quantitative estimate of drug-likeness (QED) is 0.0785. The molecule has 2 heteroatoms. The second-order valence-corrected chi connectivity index (χ2v) is 14.4. The molecule has 0 radical (unpaired) electrons. The Balaban J connectivity index is 1.62. The summed E-state index contributed by atoms with van der Waals surface area (Å²) >= 11 is 0. The first kappa shape index (κ1) is 36.2. The minimum absolute atomic E-state index is 0.00171. The van der Waals surface area contributed by atoms with Crippen molar-refractivity contribution in [2.24, 2.45) is 0 Å². The van der Waals surface area contributed by atoms with Gasteiger partial charge in [0.15, 0.2) is 0 Å². The van der Waals surface area contributed by atoms with Gasteiger partial charge < -0.3 is 9.47 Å². The number of benzene rings is 4. The molecule has 0 aliphatic heterocycles. The topological polar surface area (TPSA) is 18.5 Å². The fourth-order valence-electron chi connectivity index (χ4n) is 7.55. The van der Waals surface area contributed by atoms with Crippen LogP contribution < -0.4 is 9.47 Å². The summed E-state index contributed by atoms with van der Waals surface area (Å²) in [7, 11) is 0. The lowest BCUT2D eigenvalue weighted by atomic mass is 9.69. The van der Waals surface area contributed by atoms with Gasteiger partial charge in [-0.1, -0.05) is 150 Å². The van der Waals surface area contributed by atoms with E-state index < -0.39 is 0 Å². The SMILES string of the molecule is CCCCCCC1(CCCCCC)c2ccccc2-c2c(/C=C/c3ccc(OC(C)C)cc3)ccc(/C=C/c3ccc(OC(C)C)cc3)c21. The van der Waals surface area contributed by atoms with Gasteiger partial charge in [0.2, 0.25) is 0 Å². The summed E-state index contributed by atoms with van der Waals surface area (Å²) in [6.07, 6.45) is 22.1. The van der Waals surface area contributed by atoms with E-state index in [9.17, 15) is 0 Å². The zero-order chi connectivity index (χ0) is 34.6. The molecule has 49 heavy (non-hydrogen) atoms. The normalized spacial score (nSPS) is 13.5. The van der Waals surface area contributed by atoms with E-state index in [1.54, 1.807) is 0 Å². The van der Waals surface area contributed by atoms with Gasteiger partial charge in [0.05, 0.1) is 12.2 Å². The Morgan fingerprint density at radius 3 is 1.53 bits per heavy atom. The molecule has 1 aliphatic carbocycles. The van der Waals surface area contributed by atoms with Crippen molar-refractivity contribution < 1.29 is 9.47 Å². The van der Waals surface area contributed by atoms with Crippen LogP contribution in [-0.4, -0.2) is 12.2 Å². The Morgan fingerprint density at radius 2 is 1.02 bits per heavy atom.